The first-order valence-electron chi connectivity index (χ1n) is 3.31. The van der Waals surface area contributed by atoms with Gasteiger partial charge in [0.05, 0.1) is 16.7 Å². The Labute approximate surface area is 62.3 Å². The molecule has 0 atom stereocenters. The fourth-order valence-electron chi connectivity index (χ4n) is 1.05. The van der Waals surface area contributed by atoms with Crippen molar-refractivity contribution in [3.63, 3.8) is 0 Å². The van der Waals surface area contributed by atoms with Crippen LogP contribution in [0.2, 0.25) is 0 Å². The molecular weight excluding hydrogens is 142 g/mol. The Balaban J connectivity index is 2.98. The average molecular weight is 149 g/mol. The van der Waals surface area contributed by atoms with Crippen LogP contribution in [0.3, 0.4) is 0 Å². The van der Waals surface area contributed by atoms with E-state index in [-0.39, 0.29) is 5.56 Å². The highest BCUT2D eigenvalue weighted by atomic mass is 16.1. The van der Waals surface area contributed by atoms with Crippen LogP contribution in [0.4, 0.5) is 0 Å². The lowest BCUT2D eigenvalue weighted by Crippen LogP contribution is -2.01. The van der Waals surface area contributed by atoms with Crippen LogP contribution in [0.1, 0.15) is 5.69 Å². The zero-order valence-electron chi connectivity index (χ0n) is 6.01. The Morgan fingerprint density at radius 1 is 1.45 bits per heavy atom. The van der Waals surface area contributed by atoms with Gasteiger partial charge in [-0.05, 0) is 13.0 Å². The maximum Gasteiger partial charge on any atom is 0.248 e. The van der Waals surface area contributed by atoms with Crippen molar-refractivity contribution in [1.82, 2.24) is 15.2 Å². The second kappa shape index (κ2) is 1.95. The molecule has 2 N–H and O–H groups in total. The minimum absolute atomic E-state index is 0.0954. The summed E-state index contributed by atoms with van der Waals surface area (Å²) in [6.45, 7) is 1.84. The quantitative estimate of drug-likeness (QED) is 0.574. The van der Waals surface area contributed by atoms with E-state index in [1.807, 2.05) is 6.92 Å². The molecule has 56 valence electrons. The van der Waals surface area contributed by atoms with Crippen LogP contribution in [-0.2, 0) is 0 Å². The number of H-pyrrole nitrogens is 2. The Morgan fingerprint density at radius 2 is 2.27 bits per heavy atom. The molecule has 2 rings (SSSR count). The van der Waals surface area contributed by atoms with Crippen molar-refractivity contribution in [3.05, 3.63) is 28.2 Å². The van der Waals surface area contributed by atoms with Crippen molar-refractivity contribution in [2.45, 2.75) is 6.92 Å². The van der Waals surface area contributed by atoms with Crippen LogP contribution < -0.4 is 5.56 Å². The molecule has 2 aromatic rings. The Bertz CT molecular complexity index is 440. The van der Waals surface area contributed by atoms with Gasteiger partial charge in [-0.15, -0.1) is 0 Å². The van der Waals surface area contributed by atoms with Crippen molar-refractivity contribution < 1.29 is 0 Å². The molecule has 2 heterocycles. The smallest absolute Gasteiger partial charge is 0.248 e. The Morgan fingerprint density at radius 3 is 3.09 bits per heavy atom. The molecule has 0 saturated carbocycles. The van der Waals surface area contributed by atoms with E-state index in [0.29, 0.717) is 0 Å². The van der Waals surface area contributed by atoms with Gasteiger partial charge in [0, 0.05) is 6.07 Å². The summed E-state index contributed by atoms with van der Waals surface area (Å²) in [4.78, 5) is 13.5. The maximum atomic E-state index is 10.8. The lowest BCUT2D eigenvalue weighted by atomic mass is 10.3. The Kier molecular flexibility index (Phi) is 1.09. The van der Waals surface area contributed by atoms with Crippen LogP contribution in [-0.4, -0.2) is 15.2 Å². The fraction of sp³-hybridized carbons (Fsp3) is 0.143. The van der Waals surface area contributed by atoms with Gasteiger partial charge in [0.15, 0.2) is 0 Å². The summed E-state index contributed by atoms with van der Waals surface area (Å²) in [6, 6.07) is 3.19. The molecule has 0 radical (unpaired) electrons. The second-order valence-electron chi connectivity index (χ2n) is 2.42. The van der Waals surface area contributed by atoms with Crippen LogP contribution in [0.15, 0.2) is 16.9 Å². The van der Waals surface area contributed by atoms with E-state index in [1.54, 1.807) is 6.07 Å². The number of nitrogens with one attached hydrogen (secondary N) is 2. The maximum absolute atomic E-state index is 10.8. The predicted octanol–water partition coefficient (Wildman–Crippen LogP) is 0.560. The topological polar surface area (TPSA) is 61.5 Å². The van der Waals surface area contributed by atoms with E-state index in [9.17, 15) is 4.79 Å². The summed E-state index contributed by atoms with van der Waals surface area (Å²) < 4.78 is 0. The van der Waals surface area contributed by atoms with Gasteiger partial charge in [-0.25, -0.2) is 0 Å². The molecule has 0 saturated heterocycles. The van der Waals surface area contributed by atoms with Gasteiger partial charge in [0.25, 0.3) is 0 Å². The highest BCUT2D eigenvalue weighted by Crippen LogP contribution is 2.07. The van der Waals surface area contributed by atoms with Crippen molar-refractivity contribution in [2.75, 3.05) is 0 Å². The molecule has 11 heavy (non-hydrogen) atoms. The third-order valence-corrected chi connectivity index (χ3v) is 1.62. The number of fused-ring (bicyclic) bond motifs is 1. The summed E-state index contributed by atoms with van der Waals surface area (Å²) in [5.74, 6) is 0. The van der Waals surface area contributed by atoms with Crippen molar-refractivity contribution in [2.24, 2.45) is 0 Å². The third-order valence-electron chi connectivity index (χ3n) is 1.62. The SMILES string of the molecule is Cc1n[nH]c2ccc(=O)[nH]c12. The number of aromatic amines is 2. The van der Waals surface area contributed by atoms with Gasteiger partial charge in [-0.1, -0.05) is 0 Å². The molecule has 0 spiro atoms. The van der Waals surface area contributed by atoms with Crippen molar-refractivity contribution in [3.8, 4) is 0 Å². The molecule has 4 nitrogen and oxygen atoms in total. The van der Waals surface area contributed by atoms with Crippen LogP contribution >= 0.6 is 0 Å². The number of nitrogens with zero attached hydrogens (tertiary/aromatic N) is 1. The number of hydrogen-bond acceptors (Lipinski definition) is 2. The number of aryl methyl sites for hydroxylation is 1. The number of aromatic nitrogens is 3. The number of hydrogen-bond donors (Lipinski definition) is 2. The lowest BCUT2D eigenvalue weighted by molar-refractivity contribution is 1.07. The van der Waals surface area contributed by atoms with E-state index >= 15 is 0 Å². The van der Waals surface area contributed by atoms with Gasteiger partial charge in [-0.3, -0.25) is 9.89 Å². The molecule has 0 aliphatic carbocycles. The van der Waals surface area contributed by atoms with Crippen molar-refractivity contribution >= 4 is 11.0 Å². The van der Waals surface area contributed by atoms with Gasteiger partial charge in [0.1, 0.15) is 0 Å². The van der Waals surface area contributed by atoms with Crippen molar-refractivity contribution in [1.29, 1.82) is 0 Å². The van der Waals surface area contributed by atoms with E-state index in [1.165, 1.54) is 6.07 Å². The first-order valence-corrected chi connectivity index (χ1v) is 3.31. The minimum Gasteiger partial charge on any atom is -0.319 e. The molecule has 0 amide bonds. The van der Waals surface area contributed by atoms with Gasteiger partial charge >= 0.3 is 0 Å². The molecular formula is C7H7N3O. The van der Waals surface area contributed by atoms with Gasteiger partial charge < -0.3 is 4.98 Å². The fourth-order valence-corrected chi connectivity index (χ4v) is 1.05. The zero-order valence-corrected chi connectivity index (χ0v) is 6.01. The van der Waals surface area contributed by atoms with Crippen LogP contribution in [0.25, 0.3) is 11.0 Å². The summed E-state index contributed by atoms with van der Waals surface area (Å²) in [5, 5.41) is 6.74. The van der Waals surface area contributed by atoms with Gasteiger partial charge in [0.2, 0.25) is 5.56 Å². The highest BCUT2D eigenvalue weighted by Gasteiger charge is 1.99. The monoisotopic (exact) mass is 149 g/mol. The zero-order chi connectivity index (χ0) is 7.84. The van der Waals surface area contributed by atoms with Crippen LogP contribution in [0.5, 0.6) is 0 Å². The van der Waals surface area contributed by atoms with E-state index in [2.05, 4.69) is 15.2 Å². The van der Waals surface area contributed by atoms with Gasteiger partial charge in [-0.2, -0.15) is 5.10 Å². The minimum atomic E-state index is -0.0954. The molecule has 0 aliphatic heterocycles. The standard InChI is InChI=1S/C7H7N3O/c1-4-7-5(10-9-4)2-3-6(11)8-7/h2-3H,1H3,(H,8,11)(H,9,10). The molecule has 0 bridgehead atoms. The van der Waals surface area contributed by atoms with Crippen LogP contribution in [0, 0.1) is 6.92 Å². The summed E-state index contributed by atoms with van der Waals surface area (Å²) in [5.41, 5.74) is 2.37. The summed E-state index contributed by atoms with van der Waals surface area (Å²) >= 11 is 0. The molecule has 0 unspecified atom stereocenters. The summed E-state index contributed by atoms with van der Waals surface area (Å²) in [7, 11) is 0. The first-order chi connectivity index (χ1) is 5.27. The molecule has 0 fully saturated rings. The Hall–Kier alpha value is -1.58. The lowest BCUT2D eigenvalue weighted by Gasteiger charge is -1.86. The number of pyridine rings is 1. The third kappa shape index (κ3) is 0.832. The highest BCUT2D eigenvalue weighted by molar-refractivity contribution is 5.75. The van der Waals surface area contributed by atoms with E-state index in [4.69, 9.17) is 0 Å². The van der Waals surface area contributed by atoms with E-state index < -0.39 is 0 Å². The molecule has 4 heteroatoms. The average Bonchev–Trinajstić information content (AvgIpc) is 2.33. The first kappa shape index (κ1) is 6.15. The normalized spacial score (nSPS) is 10.6. The molecule has 0 aromatic carbocycles. The molecule has 2 aromatic heterocycles. The number of rotatable bonds is 0. The largest absolute Gasteiger partial charge is 0.319 e. The second-order valence-corrected chi connectivity index (χ2v) is 2.42. The van der Waals surface area contributed by atoms with E-state index in [0.717, 1.165) is 16.7 Å². The molecule has 0 aliphatic rings. The summed E-state index contributed by atoms with van der Waals surface area (Å²) in [6.07, 6.45) is 0. The predicted molar refractivity (Wildman–Crippen MR) is 41.5 cm³/mol.